The normalized spacial score (nSPS) is 10.4. The number of carbonyl (C=O) groups is 1. The van der Waals surface area contributed by atoms with E-state index in [1.54, 1.807) is 44.2 Å². The number of halogens is 2. The van der Waals surface area contributed by atoms with Crippen LogP contribution in [0.5, 0.6) is 0 Å². The maximum atomic E-state index is 13.8. The first kappa shape index (κ1) is 19.2. The van der Waals surface area contributed by atoms with E-state index >= 15 is 0 Å². The van der Waals surface area contributed by atoms with E-state index in [1.807, 2.05) is 0 Å². The number of esters is 1. The van der Waals surface area contributed by atoms with E-state index in [9.17, 15) is 13.6 Å². The van der Waals surface area contributed by atoms with Crippen LogP contribution in [0.15, 0.2) is 48.5 Å². The molecule has 0 spiro atoms. The Balaban J connectivity index is 1.77. The molecule has 0 radical (unpaired) electrons. The first-order valence-corrected chi connectivity index (χ1v) is 8.56. The smallest absolute Gasteiger partial charge is 0.338 e. The Bertz CT molecular complexity index is 994. The summed E-state index contributed by atoms with van der Waals surface area (Å²) in [6.07, 6.45) is 0. The molecule has 6 nitrogen and oxygen atoms in total. The highest BCUT2D eigenvalue weighted by Crippen LogP contribution is 2.22. The zero-order valence-corrected chi connectivity index (χ0v) is 15.3. The molecule has 28 heavy (non-hydrogen) atoms. The maximum absolute atomic E-state index is 13.8. The Morgan fingerprint density at radius 1 is 1.04 bits per heavy atom. The number of nitrogens with zero attached hydrogens (tertiary/aromatic N) is 2. The average molecular weight is 384 g/mol. The van der Waals surface area contributed by atoms with E-state index in [4.69, 9.17) is 4.74 Å². The van der Waals surface area contributed by atoms with Gasteiger partial charge in [-0.05, 0) is 50.2 Å². The Kier molecular flexibility index (Phi) is 5.78. The molecule has 0 fully saturated rings. The summed E-state index contributed by atoms with van der Waals surface area (Å²) in [5, 5.41) is 5.84. The van der Waals surface area contributed by atoms with Crippen molar-refractivity contribution >= 4 is 29.1 Å². The molecule has 2 aromatic carbocycles. The summed E-state index contributed by atoms with van der Waals surface area (Å²) in [6, 6.07) is 11.6. The Morgan fingerprint density at radius 2 is 1.79 bits per heavy atom. The minimum atomic E-state index is -0.742. The van der Waals surface area contributed by atoms with E-state index in [0.717, 1.165) is 12.1 Å². The second-order valence-electron chi connectivity index (χ2n) is 5.89. The Labute approximate surface area is 160 Å². The van der Waals surface area contributed by atoms with Gasteiger partial charge in [-0.1, -0.05) is 0 Å². The lowest BCUT2D eigenvalue weighted by Gasteiger charge is -2.11. The molecular weight excluding hydrogens is 366 g/mol. The summed E-state index contributed by atoms with van der Waals surface area (Å²) in [7, 11) is 0. The largest absolute Gasteiger partial charge is 0.462 e. The van der Waals surface area contributed by atoms with Gasteiger partial charge in [0.05, 0.1) is 17.9 Å². The number of aryl methyl sites for hydroxylation is 1. The molecule has 0 aliphatic heterocycles. The molecule has 1 heterocycles. The van der Waals surface area contributed by atoms with E-state index in [2.05, 4.69) is 20.6 Å². The number of anilines is 4. The van der Waals surface area contributed by atoms with Crippen molar-refractivity contribution in [1.29, 1.82) is 0 Å². The van der Waals surface area contributed by atoms with Crippen LogP contribution in [0.4, 0.5) is 31.9 Å². The lowest BCUT2D eigenvalue weighted by atomic mass is 10.2. The maximum Gasteiger partial charge on any atom is 0.338 e. The molecule has 0 bridgehead atoms. The number of aromatic nitrogens is 2. The number of carbonyl (C=O) groups excluding carboxylic acids is 1. The van der Waals surface area contributed by atoms with Crippen molar-refractivity contribution in [3.8, 4) is 0 Å². The van der Waals surface area contributed by atoms with Crippen LogP contribution in [0.2, 0.25) is 0 Å². The molecule has 0 aliphatic carbocycles. The first-order chi connectivity index (χ1) is 13.4. The van der Waals surface area contributed by atoms with E-state index in [-0.39, 0.29) is 17.6 Å². The zero-order valence-electron chi connectivity index (χ0n) is 15.3. The molecule has 0 amide bonds. The SMILES string of the molecule is CCOC(=O)c1ccc(Nc2cc(C)nc(Nc3ccc(F)cc3F)n2)cc1. The highest BCUT2D eigenvalue weighted by atomic mass is 19.1. The molecular formula is C20H18F2N4O2. The van der Waals surface area contributed by atoms with Crippen LogP contribution in [0.25, 0.3) is 0 Å². The van der Waals surface area contributed by atoms with Gasteiger partial charge in [-0.15, -0.1) is 0 Å². The molecule has 0 saturated carbocycles. The third-order valence-corrected chi connectivity index (χ3v) is 3.70. The van der Waals surface area contributed by atoms with Gasteiger partial charge in [0, 0.05) is 23.5 Å². The monoisotopic (exact) mass is 384 g/mol. The molecule has 2 N–H and O–H groups in total. The van der Waals surface area contributed by atoms with Gasteiger partial charge in [-0.25, -0.2) is 18.6 Å². The van der Waals surface area contributed by atoms with Gasteiger partial charge >= 0.3 is 5.97 Å². The lowest BCUT2D eigenvalue weighted by molar-refractivity contribution is 0.0526. The second-order valence-corrected chi connectivity index (χ2v) is 5.89. The van der Waals surface area contributed by atoms with Crippen molar-refractivity contribution < 1.29 is 18.3 Å². The standard InChI is InChI=1S/C20H18F2N4O2/c1-3-28-19(27)13-4-7-15(8-5-13)24-18-10-12(2)23-20(26-18)25-17-9-6-14(21)11-16(17)22/h4-11H,3H2,1-2H3,(H2,23,24,25,26). The van der Waals surface area contributed by atoms with Gasteiger partial charge in [0.15, 0.2) is 0 Å². The van der Waals surface area contributed by atoms with Crippen LogP contribution in [0, 0.1) is 18.6 Å². The summed E-state index contributed by atoms with van der Waals surface area (Å²) < 4.78 is 31.8. The fourth-order valence-electron chi connectivity index (χ4n) is 2.45. The van der Waals surface area contributed by atoms with Crippen molar-refractivity contribution in [2.75, 3.05) is 17.2 Å². The summed E-state index contributed by atoms with van der Waals surface area (Å²) in [5.41, 5.74) is 1.85. The number of hydrogen-bond donors (Lipinski definition) is 2. The molecule has 3 rings (SSSR count). The van der Waals surface area contributed by atoms with Crippen molar-refractivity contribution in [2.45, 2.75) is 13.8 Å². The van der Waals surface area contributed by atoms with Crippen LogP contribution >= 0.6 is 0 Å². The average Bonchev–Trinajstić information content (AvgIpc) is 2.64. The van der Waals surface area contributed by atoms with Crippen molar-refractivity contribution in [3.63, 3.8) is 0 Å². The highest BCUT2D eigenvalue weighted by molar-refractivity contribution is 5.89. The van der Waals surface area contributed by atoms with Crippen LogP contribution in [0.3, 0.4) is 0 Å². The van der Waals surface area contributed by atoms with Crippen LogP contribution < -0.4 is 10.6 Å². The second kappa shape index (κ2) is 8.43. The molecule has 8 heteroatoms. The van der Waals surface area contributed by atoms with Gasteiger partial charge in [0.1, 0.15) is 17.5 Å². The van der Waals surface area contributed by atoms with Crippen molar-refractivity contribution in [2.24, 2.45) is 0 Å². The number of nitrogens with one attached hydrogen (secondary N) is 2. The number of rotatable bonds is 6. The van der Waals surface area contributed by atoms with Crippen LogP contribution in [0.1, 0.15) is 23.0 Å². The number of hydrogen-bond acceptors (Lipinski definition) is 6. The molecule has 0 aliphatic rings. The minimum Gasteiger partial charge on any atom is -0.462 e. The predicted octanol–water partition coefficient (Wildman–Crippen LogP) is 4.73. The van der Waals surface area contributed by atoms with E-state index in [1.165, 1.54) is 6.07 Å². The molecule has 0 saturated heterocycles. The van der Waals surface area contributed by atoms with Crippen molar-refractivity contribution in [1.82, 2.24) is 9.97 Å². The molecule has 0 unspecified atom stereocenters. The highest BCUT2D eigenvalue weighted by Gasteiger charge is 2.09. The fourth-order valence-corrected chi connectivity index (χ4v) is 2.45. The summed E-state index contributed by atoms with van der Waals surface area (Å²) >= 11 is 0. The summed E-state index contributed by atoms with van der Waals surface area (Å²) in [4.78, 5) is 20.2. The van der Waals surface area contributed by atoms with Crippen molar-refractivity contribution in [3.05, 3.63) is 71.4 Å². The third-order valence-electron chi connectivity index (χ3n) is 3.70. The fraction of sp³-hybridized carbons (Fsp3) is 0.150. The molecule has 1 aromatic heterocycles. The third kappa shape index (κ3) is 4.79. The number of ether oxygens (including phenoxy) is 1. The molecule has 144 valence electrons. The molecule has 0 atom stereocenters. The van der Waals surface area contributed by atoms with Gasteiger partial charge < -0.3 is 15.4 Å². The topological polar surface area (TPSA) is 76.1 Å². The van der Waals surface area contributed by atoms with E-state index < -0.39 is 11.6 Å². The van der Waals surface area contributed by atoms with Crippen LogP contribution in [-0.4, -0.2) is 22.5 Å². The van der Waals surface area contributed by atoms with Gasteiger partial charge in [-0.2, -0.15) is 4.98 Å². The van der Waals surface area contributed by atoms with Gasteiger partial charge in [0.25, 0.3) is 0 Å². The number of benzene rings is 2. The molecule has 3 aromatic rings. The van der Waals surface area contributed by atoms with Gasteiger partial charge in [-0.3, -0.25) is 0 Å². The summed E-state index contributed by atoms with van der Waals surface area (Å²) in [6.45, 7) is 3.82. The van der Waals surface area contributed by atoms with E-state index in [0.29, 0.717) is 29.4 Å². The first-order valence-electron chi connectivity index (χ1n) is 8.56. The summed E-state index contributed by atoms with van der Waals surface area (Å²) in [5.74, 6) is -1.16. The van der Waals surface area contributed by atoms with Crippen LogP contribution in [-0.2, 0) is 4.74 Å². The lowest BCUT2D eigenvalue weighted by Crippen LogP contribution is -2.05. The predicted molar refractivity (Wildman–Crippen MR) is 102 cm³/mol. The van der Waals surface area contributed by atoms with Gasteiger partial charge in [0.2, 0.25) is 5.95 Å². The quantitative estimate of drug-likeness (QED) is 0.599. The zero-order chi connectivity index (χ0) is 20.1. The minimum absolute atomic E-state index is 0.0664. The Hall–Kier alpha value is -3.55. The Morgan fingerprint density at radius 3 is 2.46 bits per heavy atom.